The lowest BCUT2D eigenvalue weighted by molar-refractivity contribution is 0.0835. The van der Waals surface area contributed by atoms with Gasteiger partial charge in [0.1, 0.15) is 5.69 Å². The van der Waals surface area contributed by atoms with Crippen LogP contribution in [-0.2, 0) is 20.0 Å². The summed E-state index contributed by atoms with van der Waals surface area (Å²) in [5.74, 6) is -0.152. The first-order valence-electron chi connectivity index (χ1n) is 8.00. The van der Waals surface area contributed by atoms with Gasteiger partial charge in [-0.2, -0.15) is 0 Å². The van der Waals surface area contributed by atoms with Crippen LogP contribution in [0.2, 0.25) is 0 Å². The minimum absolute atomic E-state index is 0.152. The molecule has 0 bridgehead atoms. The molecule has 23 heavy (non-hydrogen) atoms. The summed E-state index contributed by atoms with van der Waals surface area (Å²) in [5, 5.41) is 13.0. The van der Waals surface area contributed by atoms with Crippen molar-refractivity contribution in [1.82, 2.24) is 14.8 Å². The molecule has 5 nitrogen and oxygen atoms in total. The van der Waals surface area contributed by atoms with Crippen LogP contribution in [0.3, 0.4) is 0 Å². The normalized spacial score (nSPS) is 15.9. The van der Waals surface area contributed by atoms with Gasteiger partial charge in [-0.1, -0.05) is 24.3 Å². The molecule has 0 aliphatic carbocycles. The number of carbonyl (C=O) groups is 1. The molecular formula is C18H23N3O2. The molecule has 0 spiro atoms. The molecule has 122 valence electrons. The van der Waals surface area contributed by atoms with Crippen molar-refractivity contribution in [3.05, 3.63) is 59.4 Å². The average molecular weight is 313 g/mol. The van der Waals surface area contributed by atoms with Crippen molar-refractivity contribution in [1.29, 1.82) is 0 Å². The van der Waals surface area contributed by atoms with Crippen LogP contribution in [0.5, 0.6) is 0 Å². The van der Waals surface area contributed by atoms with Crippen molar-refractivity contribution in [2.45, 2.75) is 19.1 Å². The van der Waals surface area contributed by atoms with Crippen molar-refractivity contribution in [2.24, 2.45) is 7.05 Å². The van der Waals surface area contributed by atoms with Gasteiger partial charge in [0.25, 0.3) is 5.91 Å². The quantitative estimate of drug-likeness (QED) is 0.871. The molecule has 2 N–H and O–H groups in total. The second kappa shape index (κ2) is 6.98. The van der Waals surface area contributed by atoms with Crippen LogP contribution < -0.4 is 5.32 Å². The maximum Gasteiger partial charge on any atom is 0.267 e. The third kappa shape index (κ3) is 3.81. The molecule has 2 heterocycles. The summed E-state index contributed by atoms with van der Waals surface area (Å²) >= 11 is 0. The van der Waals surface area contributed by atoms with E-state index in [1.165, 1.54) is 11.1 Å². The molecular weight excluding hydrogens is 290 g/mol. The summed E-state index contributed by atoms with van der Waals surface area (Å²) in [7, 11) is 1.83. The number of aromatic nitrogens is 1. The van der Waals surface area contributed by atoms with Crippen molar-refractivity contribution in [3.63, 3.8) is 0 Å². The van der Waals surface area contributed by atoms with Crippen molar-refractivity contribution < 1.29 is 9.90 Å². The van der Waals surface area contributed by atoms with E-state index in [0.29, 0.717) is 12.2 Å². The van der Waals surface area contributed by atoms with Crippen LogP contribution in [-0.4, -0.2) is 46.2 Å². The number of fused-ring (bicyclic) bond motifs is 1. The molecule has 1 atom stereocenters. The minimum atomic E-state index is -0.565. The van der Waals surface area contributed by atoms with E-state index in [2.05, 4.69) is 34.5 Å². The number of rotatable bonds is 5. The zero-order valence-corrected chi connectivity index (χ0v) is 13.4. The standard InChI is InChI=1S/C18H23N3O2/c1-20-9-4-7-17(20)18(23)19-11-16(22)13-21-10-8-14-5-2-3-6-15(14)12-21/h2-7,9,16,22H,8,10-13H2,1H3,(H,19,23). The molecule has 0 fully saturated rings. The number of hydrogen-bond acceptors (Lipinski definition) is 3. The molecule has 1 aliphatic rings. The number of aryl methyl sites for hydroxylation is 1. The zero-order chi connectivity index (χ0) is 16.2. The Balaban J connectivity index is 1.48. The fourth-order valence-corrected chi connectivity index (χ4v) is 3.07. The summed E-state index contributed by atoms with van der Waals surface area (Å²) in [5.41, 5.74) is 3.33. The second-order valence-corrected chi connectivity index (χ2v) is 6.12. The van der Waals surface area contributed by atoms with E-state index in [9.17, 15) is 9.90 Å². The molecule has 3 rings (SSSR count). The highest BCUT2D eigenvalue weighted by atomic mass is 16.3. The zero-order valence-electron chi connectivity index (χ0n) is 13.4. The van der Waals surface area contributed by atoms with Crippen LogP contribution in [0.4, 0.5) is 0 Å². The Bertz CT molecular complexity index is 680. The van der Waals surface area contributed by atoms with Gasteiger partial charge in [0.05, 0.1) is 6.10 Å². The molecule has 2 aromatic rings. The number of aliphatic hydroxyl groups is 1. The molecule has 1 aromatic heterocycles. The van der Waals surface area contributed by atoms with Gasteiger partial charge in [-0.3, -0.25) is 9.69 Å². The first-order chi connectivity index (χ1) is 11.1. The summed E-state index contributed by atoms with van der Waals surface area (Å²) in [6.07, 6.45) is 2.28. The average Bonchev–Trinajstić information content (AvgIpc) is 2.98. The molecule has 0 saturated heterocycles. The van der Waals surface area contributed by atoms with Gasteiger partial charge >= 0.3 is 0 Å². The van der Waals surface area contributed by atoms with Gasteiger partial charge in [0.2, 0.25) is 0 Å². The first kappa shape index (κ1) is 15.8. The summed E-state index contributed by atoms with van der Waals surface area (Å²) < 4.78 is 1.77. The SMILES string of the molecule is Cn1cccc1C(=O)NCC(O)CN1CCc2ccccc2C1. The van der Waals surface area contributed by atoms with Crippen LogP contribution in [0.25, 0.3) is 0 Å². The molecule has 1 unspecified atom stereocenters. The lowest BCUT2D eigenvalue weighted by Gasteiger charge is -2.30. The Hall–Kier alpha value is -2.11. The summed E-state index contributed by atoms with van der Waals surface area (Å²) in [4.78, 5) is 14.3. The molecule has 1 amide bonds. The Morgan fingerprint density at radius 2 is 2.04 bits per heavy atom. The lowest BCUT2D eigenvalue weighted by Crippen LogP contribution is -2.42. The van der Waals surface area contributed by atoms with Crippen LogP contribution in [0.15, 0.2) is 42.6 Å². The lowest BCUT2D eigenvalue weighted by atomic mass is 10.00. The highest BCUT2D eigenvalue weighted by Crippen LogP contribution is 2.18. The third-order valence-electron chi connectivity index (χ3n) is 4.35. The number of β-amino-alcohol motifs (C(OH)–C–C–N with tert-alkyl or cyclic N) is 1. The largest absolute Gasteiger partial charge is 0.390 e. The van der Waals surface area contributed by atoms with Crippen molar-refractivity contribution in [2.75, 3.05) is 19.6 Å². The number of carbonyl (C=O) groups excluding carboxylic acids is 1. The number of nitrogens with zero attached hydrogens (tertiary/aromatic N) is 2. The monoisotopic (exact) mass is 313 g/mol. The maximum absolute atomic E-state index is 12.0. The topological polar surface area (TPSA) is 57.5 Å². The fraction of sp³-hybridized carbons (Fsp3) is 0.389. The second-order valence-electron chi connectivity index (χ2n) is 6.12. The van der Waals surface area contributed by atoms with Gasteiger partial charge in [-0.15, -0.1) is 0 Å². The highest BCUT2D eigenvalue weighted by Gasteiger charge is 2.19. The molecule has 1 aliphatic heterocycles. The highest BCUT2D eigenvalue weighted by molar-refractivity contribution is 5.92. The predicted molar refractivity (Wildman–Crippen MR) is 89.2 cm³/mol. The van der Waals surface area contributed by atoms with E-state index < -0.39 is 6.10 Å². The summed E-state index contributed by atoms with van der Waals surface area (Å²) in [6, 6.07) is 12.0. The van der Waals surface area contributed by atoms with Crippen LogP contribution in [0, 0.1) is 0 Å². The molecule has 1 aromatic carbocycles. The van der Waals surface area contributed by atoms with Gasteiger partial charge in [-0.25, -0.2) is 0 Å². The number of aliphatic hydroxyl groups excluding tert-OH is 1. The van der Waals surface area contributed by atoms with Gasteiger partial charge in [-0.05, 0) is 29.7 Å². The Labute approximate surface area is 136 Å². The van der Waals surface area contributed by atoms with Crippen LogP contribution >= 0.6 is 0 Å². The molecule has 0 saturated carbocycles. The Morgan fingerprint density at radius 3 is 2.78 bits per heavy atom. The third-order valence-corrected chi connectivity index (χ3v) is 4.35. The van der Waals surface area contributed by atoms with E-state index >= 15 is 0 Å². The Kier molecular flexibility index (Phi) is 4.79. The van der Waals surface area contributed by atoms with E-state index in [1.54, 1.807) is 10.6 Å². The number of nitrogens with one attached hydrogen (secondary N) is 1. The Morgan fingerprint density at radius 1 is 1.26 bits per heavy atom. The van der Waals surface area contributed by atoms with E-state index in [1.807, 2.05) is 19.3 Å². The van der Waals surface area contributed by atoms with Gasteiger partial charge in [0.15, 0.2) is 0 Å². The van der Waals surface area contributed by atoms with Crippen LogP contribution in [0.1, 0.15) is 21.6 Å². The van der Waals surface area contributed by atoms with E-state index in [4.69, 9.17) is 0 Å². The van der Waals surface area contributed by atoms with Gasteiger partial charge in [0, 0.05) is 39.4 Å². The maximum atomic E-state index is 12.0. The molecule has 5 heteroatoms. The van der Waals surface area contributed by atoms with E-state index in [0.717, 1.165) is 19.5 Å². The number of hydrogen-bond donors (Lipinski definition) is 2. The fourth-order valence-electron chi connectivity index (χ4n) is 3.07. The van der Waals surface area contributed by atoms with Crippen molar-refractivity contribution >= 4 is 5.91 Å². The first-order valence-corrected chi connectivity index (χ1v) is 8.00. The van der Waals surface area contributed by atoms with Crippen molar-refractivity contribution in [3.8, 4) is 0 Å². The minimum Gasteiger partial charge on any atom is -0.390 e. The number of amides is 1. The molecule has 0 radical (unpaired) electrons. The smallest absolute Gasteiger partial charge is 0.267 e. The predicted octanol–water partition coefficient (Wildman–Crippen LogP) is 1.17. The van der Waals surface area contributed by atoms with Gasteiger partial charge < -0.3 is 15.0 Å². The summed E-state index contributed by atoms with van der Waals surface area (Å²) in [6.45, 7) is 2.64. The number of benzene rings is 1. The van der Waals surface area contributed by atoms with E-state index in [-0.39, 0.29) is 12.5 Å².